The van der Waals surface area contributed by atoms with Crippen molar-refractivity contribution >= 4 is 6.08 Å². The number of hydrogen-bond donors (Lipinski definition) is 0. The van der Waals surface area contributed by atoms with Crippen molar-refractivity contribution in [3.8, 4) is 17.5 Å². The lowest BCUT2D eigenvalue weighted by Crippen LogP contribution is -1.88. The summed E-state index contributed by atoms with van der Waals surface area (Å²) in [7, 11) is 0. The topological polar surface area (TPSA) is 49.6 Å². The van der Waals surface area contributed by atoms with Crippen molar-refractivity contribution < 1.29 is 0 Å². The first kappa shape index (κ1) is 12.0. The molecule has 18 heavy (non-hydrogen) atoms. The van der Waals surface area contributed by atoms with Gasteiger partial charge in [0, 0.05) is 12.4 Å². The highest BCUT2D eigenvalue weighted by atomic mass is 14.8. The SMILES string of the molecule is Cc1ccnc(-c2cc(/C=C/CC#N)ccn2)c1. The Morgan fingerprint density at radius 1 is 1.17 bits per heavy atom. The number of rotatable bonds is 3. The fourth-order valence-corrected chi connectivity index (χ4v) is 1.61. The van der Waals surface area contributed by atoms with Gasteiger partial charge in [0.25, 0.3) is 0 Å². The minimum Gasteiger partial charge on any atom is -0.255 e. The molecule has 0 aliphatic carbocycles. The van der Waals surface area contributed by atoms with E-state index in [4.69, 9.17) is 5.26 Å². The summed E-state index contributed by atoms with van der Waals surface area (Å²) < 4.78 is 0. The van der Waals surface area contributed by atoms with Crippen LogP contribution in [0, 0.1) is 18.3 Å². The Kier molecular flexibility index (Phi) is 3.83. The second-order valence-corrected chi connectivity index (χ2v) is 3.96. The van der Waals surface area contributed by atoms with Crippen molar-refractivity contribution in [3.63, 3.8) is 0 Å². The highest BCUT2D eigenvalue weighted by Gasteiger charge is 2.01. The van der Waals surface area contributed by atoms with Gasteiger partial charge in [-0.25, -0.2) is 0 Å². The van der Waals surface area contributed by atoms with Crippen molar-refractivity contribution in [2.24, 2.45) is 0 Å². The number of allylic oxidation sites excluding steroid dienone is 1. The van der Waals surface area contributed by atoms with Crippen LogP contribution < -0.4 is 0 Å². The van der Waals surface area contributed by atoms with E-state index in [9.17, 15) is 0 Å². The average molecular weight is 235 g/mol. The summed E-state index contributed by atoms with van der Waals surface area (Å²) in [6.45, 7) is 2.03. The zero-order chi connectivity index (χ0) is 12.8. The molecule has 0 aromatic carbocycles. The fourth-order valence-electron chi connectivity index (χ4n) is 1.61. The van der Waals surface area contributed by atoms with Gasteiger partial charge < -0.3 is 0 Å². The summed E-state index contributed by atoms with van der Waals surface area (Å²) in [5.74, 6) is 0. The second kappa shape index (κ2) is 5.74. The van der Waals surface area contributed by atoms with E-state index in [2.05, 4.69) is 16.0 Å². The predicted octanol–water partition coefficient (Wildman–Crippen LogP) is 3.38. The Labute approximate surface area is 106 Å². The monoisotopic (exact) mass is 235 g/mol. The molecule has 0 N–H and O–H groups in total. The summed E-state index contributed by atoms with van der Waals surface area (Å²) >= 11 is 0. The summed E-state index contributed by atoms with van der Waals surface area (Å²) in [4.78, 5) is 8.63. The fraction of sp³-hybridized carbons (Fsp3) is 0.133. The van der Waals surface area contributed by atoms with Crippen LogP contribution in [0.15, 0.2) is 42.7 Å². The van der Waals surface area contributed by atoms with Crippen LogP contribution in [-0.4, -0.2) is 9.97 Å². The Balaban J connectivity index is 2.30. The van der Waals surface area contributed by atoms with Gasteiger partial charge in [-0.15, -0.1) is 0 Å². The molecule has 88 valence electrons. The number of aryl methyl sites for hydroxylation is 1. The third-order valence-corrected chi connectivity index (χ3v) is 2.48. The summed E-state index contributed by atoms with van der Waals surface area (Å²) in [6, 6.07) is 9.92. The van der Waals surface area contributed by atoms with Crippen LogP contribution in [0.4, 0.5) is 0 Å². The number of hydrogen-bond acceptors (Lipinski definition) is 3. The van der Waals surface area contributed by atoms with Gasteiger partial charge in [0.2, 0.25) is 0 Å². The van der Waals surface area contributed by atoms with Crippen molar-refractivity contribution in [1.82, 2.24) is 9.97 Å². The molecule has 2 rings (SSSR count). The molecule has 0 unspecified atom stereocenters. The van der Waals surface area contributed by atoms with Crippen molar-refractivity contribution in [1.29, 1.82) is 5.26 Å². The molecule has 0 bridgehead atoms. The quantitative estimate of drug-likeness (QED) is 0.819. The highest BCUT2D eigenvalue weighted by Crippen LogP contribution is 2.17. The zero-order valence-electron chi connectivity index (χ0n) is 10.2. The third kappa shape index (κ3) is 3.02. The second-order valence-electron chi connectivity index (χ2n) is 3.96. The Morgan fingerprint density at radius 3 is 2.61 bits per heavy atom. The van der Waals surface area contributed by atoms with Gasteiger partial charge in [0.15, 0.2) is 0 Å². The summed E-state index contributed by atoms with van der Waals surface area (Å²) in [6.07, 6.45) is 7.71. The molecular weight excluding hydrogens is 222 g/mol. The number of pyridine rings is 2. The van der Waals surface area contributed by atoms with E-state index >= 15 is 0 Å². The van der Waals surface area contributed by atoms with Crippen LogP contribution in [0.1, 0.15) is 17.5 Å². The molecule has 3 nitrogen and oxygen atoms in total. The molecule has 3 heteroatoms. The number of aromatic nitrogens is 2. The molecule has 0 amide bonds. The van der Waals surface area contributed by atoms with E-state index in [0.717, 1.165) is 22.5 Å². The smallest absolute Gasteiger partial charge is 0.0892 e. The van der Waals surface area contributed by atoms with Crippen LogP contribution in [0.3, 0.4) is 0 Å². The zero-order valence-corrected chi connectivity index (χ0v) is 10.2. The predicted molar refractivity (Wildman–Crippen MR) is 71.5 cm³/mol. The molecule has 0 saturated carbocycles. The molecule has 0 saturated heterocycles. The number of nitriles is 1. The molecule has 2 aromatic rings. The van der Waals surface area contributed by atoms with E-state index in [-0.39, 0.29) is 0 Å². The maximum Gasteiger partial charge on any atom is 0.0892 e. The normalized spacial score (nSPS) is 10.4. The average Bonchev–Trinajstić information content (AvgIpc) is 2.39. The highest BCUT2D eigenvalue weighted by molar-refractivity contribution is 5.60. The van der Waals surface area contributed by atoms with Crippen LogP contribution >= 0.6 is 0 Å². The van der Waals surface area contributed by atoms with E-state index in [0.29, 0.717) is 6.42 Å². The molecular formula is C15H13N3. The van der Waals surface area contributed by atoms with E-state index in [1.807, 2.05) is 43.3 Å². The van der Waals surface area contributed by atoms with Gasteiger partial charge in [-0.3, -0.25) is 9.97 Å². The van der Waals surface area contributed by atoms with E-state index in [1.165, 1.54) is 0 Å². The lowest BCUT2D eigenvalue weighted by atomic mass is 10.1. The Hall–Kier alpha value is -2.47. The van der Waals surface area contributed by atoms with Gasteiger partial charge in [-0.2, -0.15) is 5.26 Å². The maximum absolute atomic E-state index is 8.48. The lowest BCUT2D eigenvalue weighted by molar-refractivity contribution is 1.23. The van der Waals surface area contributed by atoms with Gasteiger partial charge in [0.1, 0.15) is 0 Å². The van der Waals surface area contributed by atoms with Crippen molar-refractivity contribution in [3.05, 3.63) is 53.9 Å². The largest absolute Gasteiger partial charge is 0.255 e. The van der Waals surface area contributed by atoms with Gasteiger partial charge >= 0.3 is 0 Å². The molecule has 0 atom stereocenters. The van der Waals surface area contributed by atoms with Gasteiger partial charge in [-0.1, -0.05) is 12.2 Å². The van der Waals surface area contributed by atoms with Crippen molar-refractivity contribution in [2.45, 2.75) is 13.3 Å². The summed E-state index contributed by atoms with van der Waals surface area (Å²) in [5, 5.41) is 8.48. The molecule has 0 fully saturated rings. The molecule has 0 aliphatic rings. The summed E-state index contributed by atoms with van der Waals surface area (Å²) in [5.41, 5.74) is 3.90. The van der Waals surface area contributed by atoms with E-state index < -0.39 is 0 Å². The van der Waals surface area contributed by atoms with Crippen LogP contribution in [0.5, 0.6) is 0 Å². The van der Waals surface area contributed by atoms with E-state index in [1.54, 1.807) is 12.4 Å². The molecule has 0 aliphatic heterocycles. The van der Waals surface area contributed by atoms with Gasteiger partial charge in [-0.05, 0) is 42.3 Å². The molecule has 0 radical (unpaired) electrons. The maximum atomic E-state index is 8.48. The third-order valence-electron chi connectivity index (χ3n) is 2.48. The molecule has 0 spiro atoms. The first-order chi connectivity index (χ1) is 8.79. The number of nitrogens with zero attached hydrogens (tertiary/aromatic N) is 3. The first-order valence-corrected chi connectivity index (χ1v) is 5.72. The Bertz CT molecular complexity index is 609. The molecule has 2 aromatic heterocycles. The minimum absolute atomic E-state index is 0.417. The van der Waals surface area contributed by atoms with Crippen LogP contribution in [0.2, 0.25) is 0 Å². The Morgan fingerprint density at radius 2 is 1.89 bits per heavy atom. The van der Waals surface area contributed by atoms with Crippen LogP contribution in [-0.2, 0) is 0 Å². The van der Waals surface area contributed by atoms with Gasteiger partial charge in [0.05, 0.1) is 23.9 Å². The molecule has 2 heterocycles. The standard InChI is InChI=1S/C15H13N3/c1-12-5-8-17-14(10-12)15-11-13(6-9-18-15)4-2-3-7-16/h2,4-6,8-11H,3H2,1H3/b4-2+. The first-order valence-electron chi connectivity index (χ1n) is 5.72. The lowest BCUT2D eigenvalue weighted by Gasteiger charge is -2.02. The minimum atomic E-state index is 0.417. The van der Waals surface area contributed by atoms with Crippen LogP contribution in [0.25, 0.3) is 17.5 Å². The van der Waals surface area contributed by atoms with Crippen molar-refractivity contribution in [2.75, 3.05) is 0 Å².